The zero-order chi connectivity index (χ0) is 33.5. The Morgan fingerprint density at radius 1 is 1.02 bits per heavy atom. The molecule has 4 rings (SSSR count). The number of amides is 1. The van der Waals surface area contributed by atoms with Crippen LogP contribution in [0.3, 0.4) is 0 Å². The van der Waals surface area contributed by atoms with Crippen LogP contribution in [-0.4, -0.2) is 87.5 Å². The Hall–Kier alpha value is -3.89. The summed E-state index contributed by atoms with van der Waals surface area (Å²) in [4.78, 5) is 28.8. The molecule has 1 aliphatic rings. The van der Waals surface area contributed by atoms with Crippen molar-refractivity contribution in [3.05, 3.63) is 89.1 Å². The summed E-state index contributed by atoms with van der Waals surface area (Å²) in [6.45, 7) is 4.35. The molecule has 1 amide bonds. The second-order valence-corrected chi connectivity index (χ2v) is 14.8. The molecule has 3 aromatic rings. The average Bonchev–Trinajstić information content (AvgIpc) is 3.41. The number of hydrogen-bond acceptors (Lipinski definition) is 9. The van der Waals surface area contributed by atoms with Crippen molar-refractivity contribution in [2.45, 2.75) is 56.0 Å². The van der Waals surface area contributed by atoms with Crippen LogP contribution in [0.2, 0.25) is 0 Å². The lowest BCUT2D eigenvalue weighted by molar-refractivity contribution is -0.139. The summed E-state index contributed by atoms with van der Waals surface area (Å²) in [5, 5.41) is 15.2. The van der Waals surface area contributed by atoms with Crippen molar-refractivity contribution in [1.82, 2.24) is 19.3 Å². The van der Waals surface area contributed by atoms with Crippen LogP contribution in [0, 0.1) is 20.8 Å². The zero-order valence-electron chi connectivity index (χ0n) is 25.8. The van der Waals surface area contributed by atoms with Crippen molar-refractivity contribution >= 4 is 37.7 Å². The molecule has 3 atom stereocenters. The van der Waals surface area contributed by atoms with Crippen molar-refractivity contribution in [3.8, 4) is 0 Å². The number of carboxylic acids is 1. The van der Waals surface area contributed by atoms with Crippen LogP contribution < -0.4 is 15.4 Å². The minimum Gasteiger partial charge on any atom is -0.480 e. The highest BCUT2D eigenvalue weighted by Gasteiger charge is 2.40. The fourth-order valence-corrected chi connectivity index (χ4v) is 8.96. The summed E-state index contributed by atoms with van der Waals surface area (Å²) in [5.41, 5.74) is 2.44. The number of aliphatic carboxylic acids is 1. The molecule has 15 heteroatoms. The highest BCUT2D eigenvalue weighted by atomic mass is 32.2. The first-order valence-corrected chi connectivity index (χ1v) is 17.7. The highest BCUT2D eigenvalue weighted by Crippen LogP contribution is 2.26. The number of nitrogens with zero attached hydrogens (tertiary/aromatic N) is 2. The van der Waals surface area contributed by atoms with E-state index in [9.17, 15) is 31.5 Å². The van der Waals surface area contributed by atoms with Crippen LogP contribution in [0.25, 0.3) is 0 Å². The maximum absolute atomic E-state index is 13.5. The van der Waals surface area contributed by atoms with Gasteiger partial charge < -0.3 is 20.5 Å². The minimum atomic E-state index is -4.22. The summed E-state index contributed by atoms with van der Waals surface area (Å²) in [6.07, 6.45) is 1.30. The van der Waals surface area contributed by atoms with Gasteiger partial charge in [0.15, 0.2) is 0 Å². The van der Waals surface area contributed by atoms with Gasteiger partial charge in [0, 0.05) is 31.9 Å². The van der Waals surface area contributed by atoms with Crippen LogP contribution in [0.15, 0.2) is 71.8 Å². The third-order valence-electron chi connectivity index (χ3n) is 7.48. The van der Waals surface area contributed by atoms with Crippen molar-refractivity contribution in [2.24, 2.45) is 0 Å². The van der Waals surface area contributed by atoms with Gasteiger partial charge in [-0.2, -0.15) is 9.03 Å². The third-order valence-corrected chi connectivity index (χ3v) is 11.1. The van der Waals surface area contributed by atoms with Gasteiger partial charge in [-0.05, 0) is 56.0 Å². The number of pyridine rings is 1. The number of hydrogen-bond donors (Lipinski definition) is 4. The predicted octanol–water partition coefficient (Wildman–Crippen LogP) is 1.96. The number of rotatable bonds is 15. The molecule has 4 N–H and O–H groups in total. The molecule has 13 nitrogen and oxygen atoms in total. The second-order valence-electron chi connectivity index (χ2n) is 11.3. The number of nitrogens with one attached hydrogen (secondary N) is 3. The molecule has 2 heterocycles. The summed E-state index contributed by atoms with van der Waals surface area (Å²) >= 11 is 0. The third kappa shape index (κ3) is 9.33. The Bertz CT molecular complexity index is 1720. The molecule has 1 saturated heterocycles. The Morgan fingerprint density at radius 2 is 1.70 bits per heavy atom. The number of aromatic nitrogens is 1. The summed E-state index contributed by atoms with van der Waals surface area (Å²) in [6, 6.07) is 15.4. The van der Waals surface area contributed by atoms with E-state index in [1.54, 1.807) is 74.6 Å². The number of carbonyl (C=O) groups is 2. The number of benzene rings is 2. The van der Waals surface area contributed by atoms with Gasteiger partial charge in [-0.3, -0.25) is 9.59 Å². The van der Waals surface area contributed by atoms with E-state index in [0.29, 0.717) is 28.9 Å². The number of carbonyl (C=O) groups excluding carboxylic acids is 1. The lowest BCUT2D eigenvalue weighted by Crippen LogP contribution is -2.49. The molecule has 0 aliphatic carbocycles. The quantitative estimate of drug-likeness (QED) is 0.186. The lowest BCUT2D eigenvalue weighted by Gasteiger charge is -2.24. The molecule has 1 fully saturated rings. The van der Waals surface area contributed by atoms with Crippen LogP contribution in [0.1, 0.15) is 28.7 Å². The van der Waals surface area contributed by atoms with E-state index in [1.165, 1.54) is 4.31 Å². The molecule has 0 radical (unpaired) electrons. The monoisotopic (exact) mass is 673 g/mol. The normalized spacial score (nSPS) is 17.8. The first-order valence-electron chi connectivity index (χ1n) is 14.6. The number of carboxylic acid groups (broad SMARTS) is 1. The largest absolute Gasteiger partial charge is 0.480 e. The Kier molecular flexibility index (Phi) is 11.5. The molecular formula is C31H39N5O8S2. The number of ether oxygens (including phenoxy) is 1. The number of anilines is 1. The summed E-state index contributed by atoms with van der Waals surface area (Å²) in [5.74, 6) is -1.76. The Morgan fingerprint density at radius 3 is 2.33 bits per heavy atom. The lowest BCUT2D eigenvalue weighted by atomic mass is 10.1. The Labute approximate surface area is 269 Å². The van der Waals surface area contributed by atoms with E-state index in [1.807, 2.05) is 13.0 Å². The maximum Gasteiger partial charge on any atom is 0.323 e. The summed E-state index contributed by atoms with van der Waals surface area (Å²) < 4.78 is 62.4. The van der Waals surface area contributed by atoms with Crippen LogP contribution in [0.5, 0.6) is 0 Å². The second kappa shape index (κ2) is 15.1. The zero-order valence-corrected chi connectivity index (χ0v) is 27.5. The highest BCUT2D eigenvalue weighted by molar-refractivity contribution is 7.89. The van der Waals surface area contributed by atoms with Gasteiger partial charge in [0.1, 0.15) is 18.5 Å². The molecule has 46 heavy (non-hydrogen) atoms. The van der Waals surface area contributed by atoms with Gasteiger partial charge >= 0.3 is 5.97 Å². The first-order chi connectivity index (χ1) is 21.7. The van der Waals surface area contributed by atoms with Crippen molar-refractivity contribution in [1.29, 1.82) is 0 Å². The van der Waals surface area contributed by atoms with Gasteiger partial charge in [-0.25, -0.2) is 21.8 Å². The number of aryl methyl sites for hydroxylation is 3. The molecule has 0 bridgehead atoms. The van der Waals surface area contributed by atoms with Crippen molar-refractivity contribution < 1.29 is 36.3 Å². The molecule has 2 aromatic carbocycles. The fraction of sp³-hybridized carbons (Fsp3) is 0.387. The topological polar surface area (TPSA) is 184 Å². The Balaban J connectivity index is 1.36. The first kappa shape index (κ1) is 35.0. The van der Waals surface area contributed by atoms with Gasteiger partial charge in [0.2, 0.25) is 26.0 Å². The van der Waals surface area contributed by atoms with E-state index in [4.69, 9.17) is 4.74 Å². The maximum atomic E-state index is 13.5. The van der Waals surface area contributed by atoms with E-state index in [-0.39, 0.29) is 23.7 Å². The molecule has 1 aromatic heterocycles. The molecule has 0 spiro atoms. The minimum absolute atomic E-state index is 0.0147. The SMILES string of the molecule is Cc1cc(C)c(S(=O)(=O)N[C@@H](CNC(=O)CO[C@@H]2C[C@@H](CNc3ccccn3)N(S(=O)(=O)Cc3ccccc3)C2)C(=O)O)c(C)c1. The van der Waals surface area contributed by atoms with Gasteiger partial charge in [-0.15, -0.1) is 0 Å². The van der Waals surface area contributed by atoms with E-state index in [2.05, 4.69) is 20.3 Å². The van der Waals surface area contributed by atoms with Crippen molar-refractivity contribution in [2.75, 3.05) is 31.6 Å². The summed E-state index contributed by atoms with van der Waals surface area (Å²) in [7, 11) is -7.97. The molecule has 0 unspecified atom stereocenters. The predicted molar refractivity (Wildman–Crippen MR) is 172 cm³/mol. The van der Waals surface area contributed by atoms with E-state index in [0.717, 1.165) is 5.56 Å². The van der Waals surface area contributed by atoms with Crippen LogP contribution in [-0.2, 0) is 40.1 Å². The van der Waals surface area contributed by atoms with Gasteiger partial charge in [0.25, 0.3) is 0 Å². The smallest absolute Gasteiger partial charge is 0.323 e. The average molecular weight is 674 g/mol. The van der Waals surface area contributed by atoms with Crippen molar-refractivity contribution in [3.63, 3.8) is 0 Å². The van der Waals surface area contributed by atoms with E-state index >= 15 is 0 Å². The molecule has 1 aliphatic heterocycles. The molecule has 248 valence electrons. The fourth-order valence-electron chi connectivity index (χ4n) is 5.53. The number of sulfonamides is 2. The van der Waals surface area contributed by atoms with E-state index < -0.39 is 63.3 Å². The van der Waals surface area contributed by atoms with Gasteiger partial charge in [0.05, 0.1) is 16.8 Å². The standard InChI is InChI=1S/C31H39N5O8S2/c1-21-13-22(2)30(23(3)14-21)46(42,43)35-27(31(38)39)17-34-29(37)19-44-26-15-25(16-33-28-11-7-8-12-32-28)36(18-26)45(40,41)20-24-9-5-4-6-10-24/h4-14,25-27,35H,15-20H2,1-3H3,(H,32,33)(H,34,37)(H,38,39)/t25-,26+,27-/m0/s1. The van der Waals surface area contributed by atoms with Gasteiger partial charge in [-0.1, -0.05) is 54.1 Å². The molecular weight excluding hydrogens is 635 g/mol. The van der Waals surface area contributed by atoms with Crippen LogP contribution >= 0.6 is 0 Å². The molecule has 0 saturated carbocycles. The van der Waals surface area contributed by atoms with Crippen LogP contribution in [0.4, 0.5) is 5.82 Å².